The molecule has 0 atom stereocenters. The molecule has 92 valence electrons. The van der Waals surface area contributed by atoms with Gasteiger partial charge in [0.25, 0.3) is 0 Å². The van der Waals surface area contributed by atoms with Crippen molar-refractivity contribution in [3.05, 3.63) is 17.9 Å². The molecule has 2 aliphatic carbocycles. The normalized spacial score (nSPS) is 19.3. The first-order chi connectivity index (χ1) is 8.22. The molecule has 3 rings (SSSR count). The second-order valence-electron chi connectivity index (χ2n) is 5.23. The van der Waals surface area contributed by atoms with E-state index in [2.05, 4.69) is 4.90 Å². The second-order valence-corrected chi connectivity index (χ2v) is 5.23. The van der Waals surface area contributed by atoms with Gasteiger partial charge in [0, 0.05) is 19.2 Å². The summed E-state index contributed by atoms with van der Waals surface area (Å²) >= 11 is 0. The molecular formula is C13H17NO3. The lowest BCUT2D eigenvalue weighted by atomic mass is 10.3. The van der Waals surface area contributed by atoms with E-state index in [4.69, 9.17) is 9.52 Å². The predicted molar refractivity (Wildman–Crippen MR) is 63.3 cm³/mol. The van der Waals surface area contributed by atoms with Crippen LogP contribution < -0.4 is 4.90 Å². The molecule has 0 spiro atoms. The summed E-state index contributed by atoms with van der Waals surface area (Å²) in [7, 11) is 0. The molecule has 0 aromatic carbocycles. The Balaban J connectivity index is 1.72. The summed E-state index contributed by atoms with van der Waals surface area (Å²) in [6.07, 6.45) is 5.20. The van der Waals surface area contributed by atoms with E-state index in [9.17, 15) is 4.79 Å². The number of furan rings is 1. The first-order valence-corrected chi connectivity index (χ1v) is 6.30. The Morgan fingerprint density at radius 1 is 1.24 bits per heavy atom. The summed E-state index contributed by atoms with van der Waals surface area (Å²) in [5, 5.41) is 8.86. The van der Waals surface area contributed by atoms with Gasteiger partial charge in [-0.25, -0.2) is 4.79 Å². The first kappa shape index (κ1) is 10.7. The largest absolute Gasteiger partial charge is 0.475 e. The van der Waals surface area contributed by atoms with Crippen LogP contribution in [0.4, 0.5) is 5.88 Å². The Morgan fingerprint density at radius 2 is 1.82 bits per heavy atom. The summed E-state index contributed by atoms with van der Waals surface area (Å²) in [5.41, 5.74) is 0. The van der Waals surface area contributed by atoms with Gasteiger partial charge >= 0.3 is 5.97 Å². The number of nitrogens with zero attached hydrogens (tertiary/aromatic N) is 1. The van der Waals surface area contributed by atoms with Gasteiger partial charge in [0.15, 0.2) is 5.88 Å². The molecule has 2 fully saturated rings. The SMILES string of the molecule is O=C(O)c1ccc(N(CC2CC2)CC2CC2)o1. The topological polar surface area (TPSA) is 53.7 Å². The quantitative estimate of drug-likeness (QED) is 0.823. The van der Waals surface area contributed by atoms with Crippen LogP contribution in [0.25, 0.3) is 0 Å². The van der Waals surface area contributed by atoms with E-state index in [1.165, 1.54) is 25.7 Å². The van der Waals surface area contributed by atoms with E-state index in [-0.39, 0.29) is 5.76 Å². The molecule has 0 unspecified atom stereocenters. The van der Waals surface area contributed by atoms with Crippen LogP contribution in [0.1, 0.15) is 36.2 Å². The van der Waals surface area contributed by atoms with Gasteiger partial charge in [0.2, 0.25) is 5.76 Å². The van der Waals surface area contributed by atoms with Gasteiger partial charge in [-0.2, -0.15) is 0 Å². The van der Waals surface area contributed by atoms with Crippen LogP contribution in [-0.2, 0) is 0 Å². The maximum atomic E-state index is 10.8. The van der Waals surface area contributed by atoms with E-state index >= 15 is 0 Å². The number of hydrogen-bond donors (Lipinski definition) is 1. The Bertz CT molecular complexity index is 404. The highest BCUT2D eigenvalue weighted by atomic mass is 16.4. The number of rotatable bonds is 6. The fourth-order valence-corrected chi connectivity index (χ4v) is 2.09. The van der Waals surface area contributed by atoms with Crippen LogP contribution in [-0.4, -0.2) is 24.2 Å². The Kier molecular flexibility index (Phi) is 2.57. The third-order valence-corrected chi connectivity index (χ3v) is 3.47. The minimum absolute atomic E-state index is 0.0385. The summed E-state index contributed by atoms with van der Waals surface area (Å²) in [6, 6.07) is 3.33. The van der Waals surface area contributed by atoms with Gasteiger partial charge < -0.3 is 14.4 Å². The molecule has 1 aromatic heterocycles. The lowest BCUT2D eigenvalue weighted by Gasteiger charge is -2.21. The Labute approximate surface area is 100 Å². The summed E-state index contributed by atoms with van der Waals surface area (Å²) in [6.45, 7) is 2.03. The van der Waals surface area contributed by atoms with E-state index < -0.39 is 5.97 Å². The molecule has 1 aromatic rings. The summed E-state index contributed by atoms with van der Waals surface area (Å²) in [4.78, 5) is 13.0. The molecule has 4 heteroatoms. The fourth-order valence-electron chi connectivity index (χ4n) is 2.09. The molecule has 0 bridgehead atoms. The third kappa shape index (κ3) is 2.62. The fraction of sp³-hybridized carbons (Fsp3) is 0.615. The van der Waals surface area contributed by atoms with Gasteiger partial charge in [0.05, 0.1) is 0 Å². The average Bonchev–Trinajstić information content (AvgIpc) is 3.21. The van der Waals surface area contributed by atoms with Crippen molar-refractivity contribution in [1.82, 2.24) is 0 Å². The van der Waals surface area contributed by atoms with Crippen molar-refractivity contribution >= 4 is 11.9 Å². The molecule has 0 aliphatic heterocycles. The zero-order valence-corrected chi connectivity index (χ0v) is 9.76. The highest BCUT2D eigenvalue weighted by molar-refractivity contribution is 5.84. The van der Waals surface area contributed by atoms with Gasteiger partial charge in [-0.1, -0.05) is 0 Å². The molecule has 1 N–H and O–H groups in total. The van der Waals surface area contributed by atoms with Gasteiger partial charge in [-0.15, -0.1) is 0 Å². The van der Waals surface area contributed by atoms with Crippen molar-refractivity contribution in [1.29, 1.82) is 0 Å². The minimum atomic E-state index is -0.992. The molecule has 0 radical (unpaired) electrons. The molecule has 2 saturated carbocycles. The van der Waals surface area contributed by atoms with Crippen molar-refractivity contribution < 1.29 is 14.3 Å². The summed E-state index contributed by atoms with van der Waals surface area (Å²) < 4.78 is 5.39. The molecule has 4 nitrogen and oxygen atoms in total. The van der Waals surface area contributed by atoms with E-state index in [1.54, 1.807) is 12.1 Å². The van der Waals surface area contributed by atoms with Crippen molar-refractivity contribution in [3.8, 4) is 0 Å². The van der Waals surface area contributed by atoms with Crippen molar-refractivity contribution in [3.63, 3.8) is 0 Å². The van der Waals surface area contributed by atoms with E-state index in [0.717, 1.165) is 30.8 Å². The Hall–Kier alpha value is -1.45. The molecule has 1 heterocycles. The average molecular weight is 235 g/mol. The number of aromatic carboxylic acids is 1. The summed E-state index contributed by atoms with van der Waals surface area (Å²) in [5.74, 6) is 1.34. The smallest absolute Gasteiger partial charge is 0.371 e. The molecular weight excluding hydrogens is 218 g/mol. The van der Waals surface area contributed by atoms with Crippen molar-refractivity contribution in [2.24, 2.45) is 11.8 Å². The van der Waals surface area contributed by atoms with E-state index in [1.807, 2.05) is 0 Å². The number of anilines is 1. The molecule has 2 aliphatic rings. The monoisotopic (exact) mass is 235 g/mol. The second kappa shape index (κ2) is 4.09. The Morgan fingerprint density at radius 3 is 2.24 bits per heavy atom. The van der Waals surface area contributed by atoms with Gasteiger partial charge in [0.1, 0.15) is 0 Å². The molecule has 0 amide bonds. The number of carboxylic acids is 1. The number of carboxylic acid groups (broad SMARTS) is 1. The zero-order chi connectivity index (χ0) is 11.8. The van der Waals surface area contributed by atoms with Crippen LogP contribution in [0.15, 0.2) is 16.5 Å². The van der Waals surface area contributed by atoms with Gasteiger partial charge in [-0.3, -0.25) is 0 Å². The minimum Gasteiger partial charge on any atom is -0.475 e. The lowest BCUT2D eigenvalue weighted by Crippen LogP contribution is -2.27. The maximum Gasteiger partial charge on any atom is 0.371 e. The van der Waals surface area contributed by atoms with Gasteiger partial charge in [-0.05, 0) is 43.6 Å². The predicted octanol–water partition coefficient (Wildman–Crippen LogP) is 2.60. The maximum absolute atomic E-state index is 10.8. The van der Waals surface area contributed by atoms with Crippen LogP contribution in [0.3, 0.4) is 0 Å². The van der Waals surface area contributed by atoms with Crippen molar-refractivity contribution in [2.45, 2.75) is 25.7 Å². The van der Waals surface area contributed by atoms with Crippen LogP contribution >= 0.6 is 0 Å². The molecule has 17 heavy (non-hydrogen) atoms. The molecule has 0 saturated heterocycles. The standard InChI is InChI=1S/C13H17NO3/c15-13(16)11-5-6-12(17-11)14(7-9-1-2-9)8-10-3-4-10/h5-6,9-10H,1-4,7-8H2,(H,15,16). The first-order valence-electron chi connectivity index (χ1n) is 6.30. The number of carbonyl (C=O) groups is 1. The zero-order valence-electron chi connectivity index (χ0n) is 9.76. The van der Waals surface area contributed by atoms with Crippen LogP contribution in [0.5, 0.6) is 0 Å². The lowest BCUT2D eigenvalue weighted by molar-refractivity contribution is 0.0663. The highest BCUT2D eigenvalue weighted by Crippen LogP contribution is 2.36. The van der Waals surface area contributed by atoms with E-state index in [0.29, 0.717) is 0 Å². The highest BCUT2D eigenvalue weighted by Gasteiger charge is 2.30. The van der Waals surface area contributed by atoms with Crippen LogP contribution in [0.2, 0.25) is 0 Å². The van der Waals surface area contributed by atoms with Crippen molar-refractivity contribution in [2.75, 3.05) is 18.0 Å². The third-order valence-electron chi connectivity index (χ3n) is 3.47. The van der Waals surface area contributed by atoms with Crippen LogP contribution in [0, 0.1) is 11.8 Å². The number of hydrogen-bond acceptors (Lipinski definition) is 3.